The molecule has 1 amide bonds. The van der Waals surface area contributed by atoms with E-state index in [1.807, 2.05) is 62.6 Å². The van der Waals surface area contributed by atoms with Crippen LogP contribution in [0.25, 0.3) is 0 Å². The van der Waals surface area contributed by atoms with Crippen molar-refractivity contribution in [3.05, 3.63) is 59.1 Å². The molecule has 0 saturated carbocycles. The molecule has 2 aromatic carbocycles. The van der Waals surface area contributed by atoms with Gasteiger partial charge in [-0.3, -0.25) is 4.79 Å². The van der Waals surface area contributed by atoms with Crippen LogP contribution >= 0.6 is 11.6 Å². The van der Waals surface area contributed by atoms with Crippen LogP contribution in [0, 0.1) is 0 Å². The second kappa shape index (κ2) is 10.7. The van der Waals surface area contributed by atoms with E-state index in [-0.39, 0.29) is 12.5 Å². The van der Waals surface area contributed by atoms with E-state index in [9.17, 15) is 4.79 Å². The Morgan fingerprint density at radius 1 is 1.08 bits per heavy atom. The summed E-state index contributed by atoms with van der Waals surface area (Å²) < 4.78 is 5.74. The molecule has 0 bridgehead atoms. The first-order valence-electron chi connectivity index (χ1n) is 8.65. The number of halogens is 1. The number of ether oxygens (including phenoxy) is 1. The Labute approximate surface area is 160 Å². The summed E-state index contributed by atoms with van der Waals surface area (Å²) in [4.78, 5) is 13.9. The number of nitrogens with zero attached hydrogens (tertiary/aromatic N) is 1. The number of carbonyl (C=O) groups is 1. The largest absolute Gasteiger partial charge is 0.489 e. The number of amides is 1. The van der Waals surface area contributed by atoms with Gasteiger partial charge in [-0.15, -0.1) is 0 Å². The first-order chi connectivity index (χ1) is 12.5. The lowest BCUT2D eigenvalue weighted by atomic mass is 10.2. The molecule has 0 radical (unpaired) electrons. The Balaban J connectivity index is 1.68. The van der Waals surface area contributed by atoms with Gasteiger partial charge in [0.05, 0.1) is 6.54 Å². The second-order valence-corrected chi connectivity index (χ2v) is 6.74. The van der Waals surface area contributed by atoms with Gasteiger partial charge in [-0.2, -0.15) is 0 Å². The van der Waals surface area contributed by atoms with Crippen LogP contribution in [0.15, 0.2) is 48.5 Å². The summed E-state index contributed by atoms with van der Waals surface area (Å²) in [6.07, 6.45) is 0.943. The van der Waals surface area contributed by atoms with Gasteiger partial charge in [0.1, 0.15) is 12.4 Å². The van der Waals surface area contributed by atoms with Crippen molar-refractivity contribution in [2.45, 2.75) is 13.0 Å². The lowest BCUT2D eigenvalue weighted by Gasteiger charge is -2.11. The van der Waals surface area contributed by atoms with Crippen LogP contribution in [0.3, 0.4) is 0 Å². The Morgan fingerprint density at radius 3 is 2.42 bits per heavy atom. The number of hydrogen-bond donors (Lipinski definition) is 2. The van der Waals surface area contributed by atoms with Crippen molar-refractivity contribution in [3.63, 3.8) is 0 Å². The van der Waals surface area contributed by atoms with Crippen molar-refractivity contribution in [1.82, 2.24) is 10.2 Å². The third-order valence-corrected chi connectivity index (χ3v) is 3.98. The Kier molecular flexibility index (Phi) is 8.25. The number of benzene rings is 2. The molecular formula is C20H26ClN3O2. The third kappa shape index (κ3) is 7.76. The maximum Gasteiger partial charge on any atom is 0.239 e. The maximum atomic E-state index is 11.8. The molecule has 140 valence electrons. The Hall–Kier alpha value is -2.24. The monoisotopic (exact) mass is 375 g/mol. The van der Waals surface area contributed by atoms with Gasteiger partial charge in [0.15, 0.2) is 0 Å². The number of anilines is 1. The van der Waals surface area contributed by atoms with E-state index in [0.717, 1.165) is 30.0 Å². The van der Waals surface area contributed by atoms with Crippen LogP contribution in [-0.2, 0) is 11.4 Å². The van der Waals surface area contributed by atoms with E-state index in [0.29, 0.717) is 18.2 Å². The molecule has 0 saturated heterocycles. The summed E-state index contributed by atoms with van der Waals surface area (Å²) in [5.74, 6) is 0.769. The van der Waals surface area contributed by atoms with Gasteiger partial charge >= 0.3 is 0 Å². The lowest BCUT2D eigenvalue weighted by Crippen LogP contribution is -2.31. The minimum atomic E-state index is -0.00757. The minimum Gasteiger partial charge on any atom is -0.489 e. The zero-order valence-corrected chi connectivity index (χ0v) is 16.1. The molecular weight excluding hydrogens is 350 g/mol. The summed E-state index contributed by atoms with van der Waals surface area (Å²) in [5.41, 5.74) is 1.94. The van der Waals surface area contributed by atoms with Gasteiger partial charge in [-0.25, -0.2) is 0 Å². The Bertz CT molecular complexity index is 672. The number of nitrogens with one attached hydrogen (secondary N) is 2. The highest BCUT2D eigenvalue weighted by molar-refractivity contribution is 6.30. The van der Waals surface area contributed by atoms with E-state index in [1.54, 1.807) is 0 Å². The Morgan fingerprint density at radius 2 is 1.77 bits per heavy atom. The smallest absolute Gasteiger partial charge is 0.239 e. The third-order valence-electron chi connectivity index (χ3n) is 3.73. The molecule has 2 N–H and O–H groups in total. The highest BCUT2D eigenvalue weighted by Crippen LogP contribution is 2.17. The molecule has 0 fully saturated rings. The number of hydrogen-bond acceptors (Lipinski definition) is 4. The van der Waals surface area contributed by atoms with Crippen molar-refractivity contribution in [2.75, 3.05) is 39.0 Å². The van der Waals surface area contributed by atoms with E-state index >= 15 is 0 Å². The molecule has 2 rings (SSSR count). The molecule has 0 heterocycles. The molecule has 0 aromatic heterocycles. The predicted octanol–water partition coefficient (Wildman–Crippen LogP) is 3.40. The highest BCUT2D eigenvalue weighted by atomic mass is 35.5. The fraction of sp³-hybridized carbons (Fsp3) is 0.350. The van der Waals surface area contributed by atoms with Gasteiger partial charge in [-0.05, 0) is 69.0 Å². The lowest BCUT2D eigenvalue weighted by molar-refractivity contribution is -0.119. The molecule has 0 aliphatic heterocycles. The van der Waals surface area contributed by atoms with Gasteiger partial charge in [0.25, 0.3) is 0 Å². The molecule has 0 unspecified atom stereocenters. The van der Waals surface area contributed by atoms with E-state index in [2.05, 4.69) is 15.5 Å². The minimum absolute atomic E-state index is 0.00757. The predicted molar refractivity (Wildman–Crippen MR) is 107 cm³/mol. The zero-order chi connectivity index (χ0) is 18.8. The standard InChI is InChI=1S/C20H26ClN3O2/c1-24(2)13-3-12-22-20(25)14-23-18-8-10-19(11-9-18)26-15-16-4-6-17(21)7-5-16/h4-11,23H,3,12-15H2,1-2H3,(H,22,25). The molecule has 2 aromatic rings. The van der Waals surface area contributed by atoms with Crippen LogP contribution in [0.4, 0.5) is 5.69 Å². The topological polar surface area (TPSA) is 53.6 Å². The van der Waals surface area contributed by atoms with E-state index in [4.69, 9.17) is 16.3 Å². The van der Waals surface area contributed by atoms with Crippen molar-refractivity contribution in [3.8, 4) is 5.75 Å². The molecule has 0 atom stereocenters. The quantitative estimate of drug-likeness (QED) is 0.625. The van der Waals surface area contributed by atoms with E-state index in [1.165, 1.54) is 0 Å². The highest BCUT2D eigenvalue weighted by Gasteiger charge is 2.02. The fourth-order valence-corrected chi connectivity index (χ4v) is 2.41. The summed E-state index contributed by atoms with van der Waals surface area (Å²) in [7, 11) is 4.04. The van der Waals surface area contributed by atoms with Crippen LogP contribution in [0.1, 0.15) is 12.0 Å². The van der Waals surface area contributed by atoms with Gasteiger partial charge in [0, 0.05) is 17.3 Å². The molecule has 0 aliphatic rings. The average Bonchev–Trinajstić information content (AvgIpc) is 2.64. The summed E-state index contributed by atoms with van der Waals surface area (Å²) >= 11 is 5.87. The van der Waals surface area contributed by atoms with Crippen LogP contribution in [0.2, 0.25) is 5.02 Å². The SMILES string of the molecule is CN(C)CCCNC(=O)CNc1ccc(OCc2ccc(Cl)cc2)cc1. The normalized spacial score (nSPS) is 10.6. The summed E-state index contributed by atoms with van der Waals surface area (Å²) in [6, 6.07) is 15.1. The van der Waals surface area contributed by atoms with Crippen molar-refractivity contribution < 1.29 is 9.53 Å². The maximum absolute atomic E-state index is 11.8. The second-order valence-electron chi connectivity index (χ2n) is 6.30. The van der Waals surface area contributed by atoms with Gasteiger partial charge < -0.3 is 20.3 Å². The molecule has 26 heavy (non-hydrogen) atoms. The van der Waals surface area contributed by atoms with Gasteiger partial charge in [-0.1, -0.05) is 23.7 Å². The average molecular weight is 376 g/mol. The van der Waals surface area contributed by atoms with Crippen molar-refractivity contribution in [1.29, 1.82) is 0 Å². The van der Waals surface area contributed by atoms with Crippen LogP contribution < -0.4 is 15.4 Å². The molecule has 0 aliphatic carbocycles. The zero-order valence-electron chi connectivity index (χ0n) is 15.3. The molecule has 0 spiro atoms. The van der Waals surface area contributed by atoms with E-state index < -0.39 is 0 Å². The van der Waals surface area contributed by atoms with Crippen LogP contribution in [-0.4, -0.2) is 44.5 Å². The summed E-state index contributed by atoms with van der Waals surface area (Å²) in [6.45, 7) is 2.40. The van der Waals surface area contributed by atoms with Crippen LogP contribution in [0.5, 0.6) is 5.75 Å². The molecule has 5 nitrogen and oxygen atoms in total. The summed E-state index contributed by atoms with van der Waals surface area (Å²) in [5, 5.41) is 6.72. The number of carbonyl (C=O) groups excluding carboxylic acids is 1. The number of rotatable bonds is 10. The van der Waals surface area contributed by atoms with Gasteiger partial charge in [0.2, 0.25) is 5.91 Å². The fourth-order valence-electron chi connectivity index (χ4n) is 2.28. The molecule has 6 heteroatoms. The first kappa shape index (κ1) is 20.1. The van der Waals surface area contributed by atoms with Crippen molar-refractivity contribution in [2.24, 2.45) is 0 Å². The van der Waals surface area contributed by atoms with Crippen molar-refractivity contribution >= 4 is 23.2 Å². The first-order valence-corrected chi connectivity index (χ1v) is 9.03.